The summed E-state index contributed by atoms with van der Waals surface area (Å²) < 4.78 is 11.4. The highest BCUT2D eigenvalue weighted by atomic mass is 16.6. The Labute approximate surface area is 118 Å². The van der Waals surface area contributed by atoms with Crippen LogP contribution in [0.2, 0.25) is 0 Å². The molecule has 5 heteroatoms. The van der Waals surface area contributed by atoms with Crippen molar-refractivity contribution in [1.82, 2.24) is 10.2 Å². The monoisotopic (exact) mass is 276 g/mol. The summed E-state index contributed by atoms with van der Waals surface area (Å²) in [5.74, 6) is 1.37. The molecule has 2 aliphatic rings. The lowest BCUT2D eigenvalue weighted by atomic mass is 10.1. The standard InChI is InChI=1S/C15H20N2O3/c1-10-8-17(11(2)7-16-10)15(18)14-9-19-12-5-3-4-6-13(12)20-14/h3-6,10-11,14,16H,7-9H2,1-2H3. The molecule has 0 bridgehead atoms. The van der Waals surface area contributed by atoms with Crippen molar-refractivity contribution in [1.29, 1.82) is 0 Å². The summed E-state index contributed by atoms with van der Waals surface area (Å²) in [5, 5.41) is 3.37. The van der Waals surface area contributed by atoms with Crippen molar-refractivity contribution < 1.29 is 14.3 Å². The fourth-order valence-electron chi connectivity index (χ4n) is 2.65. The molecule has 3 atom stereocenters. The summed E-state index contributed by atoms with van der Waals surface area (Å²) in [6, 6.07) is 7.95. The number of nitrogens with one attached hydrogen (secondary N) is 1. The minimum Gasteiger partial charge on any atom is -0.485 e. The number of ether oxygens (including phenoxy) is 2. The number of hydrogen-bond donors (Lipinski definition) is 1. The van der Waals surface area contributed by atoms with E-state index < -0.39 is 6.10 Å². The van der Waals surface area contributed by atoms with Gasteiger partial charge < -0.3 is 19.7 Å². The second-order valence-electron chi connectivity index (χ2n) is 5.51. The number of piperazine rings is 1. The van der Waals surface area contributed by atoms with E-state index >= 15 is 0 Å². The first kappa shape index (κ1) is 13.2. The van der Waals surface area contributed by atoms with Crippen LogP contribution in [0.4, 0.5) is 0 Å². The minimum absolute atomic E-state index is 0.0142. The molecule has 108 valence electrons. The molecule has 20 heavy (non-hydrogen) atoms. The molecule has 0 aromatic heterocycles. The number of para-hydroxylation sites is 2. The third-order valence-electron chi connectivity index (χ3n) is 3.83. The second-order valence-corrected chi connectivity index (χ2v) is 5.51. The first-order valence-electron chi connectivity index (χ1n) is 7.07. The van der Waals surface area contributed by atoms with E-state index in [1.165, 1.54) is 0 Å². The lowest BCUT2D eigenvalue weighted by Gasteiger charge is -2.39. The summed E-state index contributed by atoms with van der Waals surface area (Å²) in [4.78, 5) is 14.5. The smallest absolute Gasteiger partial charge is 0.267 e. The van der Waals surface area contributed by atoms with Gasteiger partial charge in [-0.3, -0.25) is 4.79 Å². The van der Waals surface area contributed by atoms with Crippen molar-refractivity contribution in [3.63, 3.8) is 0 Å². The molecule has 1 saturated heterocycles. The number of hydrogen-bond acceptors (Lipinski definition) is 4. The van der Waals surface area contributed by atoms with E-state index in [1.807, 2.05) is 29.2 Å². The van der Waals surface area contributed by atoms with Crippen LogP contribution in [0.15, 0.2) is 24.3 Å². The lowest BCUT2D eigenvalue weighted by molar-refractivity contribution is -0.144. The molecule has 3 rings (SSSR count). The number of benzene rings is 1. The van der Waals surface area contributed by atoms with Crippen LogP contribution in [-0.2, 0) is 4.79 Å². The minimum atomic E-state index is -0.544. The topological polar surface area (TPSA) is 50.8 Å². The fourth-order valence-corrected chi connectivity index (χ4v) is 2.65. The van der Waals surface area contributed by atoms with Crippen LogP contribution >= 0.6 is 0 Å². The zero-order chi connectivity index (χ0) is 14.1. The molecule has 1 fully saturated rings. The van der Waals surface area contributed by atoms with E-state index in [0.717, 1.165) is 6.54 Å². The average Bonchev–Trinajstić information content (AvgIpc) is 2.48. The molecule has 0 saturated carbocycles. The molecular formula is C15H20N2O3. The number of carbonyl (C=O) groups excluding carboxylic acids is 1. The van der Waals surface area contributed by atoms with E-state index in [0.29, 0.717) is 24.1 Å². The van der Waals surface area contributed by atoms with E-state index in [1.54, 1.807) is 0 Å². The van der Waals surface area contributed by atoms with Gasteiger partial charge in [-0.25, -0.2) is 0 Å². The van der Waals surface area contributed by atoms with Gasteiger partial charge in [0.2, 0.25) is 6.10 Å². The van der Waals surface area contributed by atoms with Crippen LogP contribution in [0.3, 0.4) is 0 Å². The summed E-state index contributed by atoms with van der Waals surface area (Å²) in [6.07, 6.45) is -0.544. The van der Waals surface area contributed by atoms with E-state index in [9.17, 15) is 4.79 Å². The molecule has 0 radical (unpaired) electrons. The number of amides is 1. The van der Waals surface area contributed by atoms with Gasteiger partial charge in [0, 0.05) is 25.2 Å². The van der Waals surface area contributed by atoms with Gasteiger partial charge in [-0.2, -0.15) is 0 Å². The third kappa shape index (κ3) is 2.45. The maximum Gasteiger partial charge on any atom is 0.267 e. The Morgan fingerprint density at radius 2 is 2.05 bits per heavy atom. The third-order valence-corrected chi connectivity index (χ3v) is 3.83. The largest absolute Gasteiger partial charge is 0.485 e. The first-order valence-corrected chi connectivity index (χ1v) is 7.07. The Bertz CT molecular complexity index is 506. The SMILES string of the molecule is CC1CN(C(=O)C2COc3ccccc3O2)C(C)CN1. The zero-order valence-corrected chi connectivity index (χ0v) is 11.8. The summed E-state index contributed by atoms with van der Waals surface area (Å²) >= 11 is 0. The maximum absolute atomic E-state index is 12.6. The van der Waals surface area contributed by atoms with E-state index in [-0.39, 0.29) is 18.6 Å². The van der Waals surface area contributed by atoms with Crippen molar-refractivity contribution in [2.45, 2.75) is 32.0 Å². The highest BCUT2D eigenvalue weighted by molar-refractivity contribution is 5.82. The molecule has 3 unspecified atom stereocenters. The van der Waals surface area contributed by atoms with Crippen molar-refractivity contribution in [3.05, 3.63) is 24.3 Å². The molecule has 1 aromatic carbocycles. The molecular weight excluding hydrogens is 256 g/mol. The average molecular weight is 276 g/mol. The molecule has 1 amide bonds. The maximum atomic E-state index is 12.6. The van der Waals surface area contributed by atoms with Gasteiger partial charge in [-0.15, -0.1) is 0 Å². The Hall–Kier alpha value is -1.75. The van der Waals surface area contributed by atoms with Gasteiger partial charge in [0.05, 0.1) is 0 Å². The van der Waals surface area contributed by atoms with Gasteiger partial charge in [0.1, 0.15) is 6.61 Å². The van der Waals surface area contributed by atoms with Gasteiger partial charge in [-0.1, -0.05) is 12.1 Å². The van der Waals surface area contributed by atoms with Gasteiger partial charge in [-0.05, 0) is 26.0 Å². The number of carbonyl (C=O) groups is 1. The quantitative estimate of drug-likeness (QED) is 0.832. The first-order chi connectivity index (χ1) is 9.65. The Balaban J connectivity index is 1.72. The van der Waals surface area contributed by atoms with Crippen molar-refractivity contribution in [2.75, 3.05) is 19.7 Å². The number of rotatable bonds is 1. The summed E-state index contributed by atoms with van der Waals surface area (Å²) in [7, 11) is 0. The van der Waals surface area contributed by atoms with Crippen LogP contribution in [0.25, 0.3) is 0 Å². The van der Waals surface area contributed by atoms with Crippen LogP contribution in [-0.4, -0.2) is 48.7 Å². The molecule has 1 N–H and O–H groups in total. The highest BCUT2D eigenvalue weighted by Gasteiger charge is 2.35. The van der Waals surface area contributed by atoms with Crippen molar-refractivity contribution >= 4 is 5.91 Å². The van der Waals surface area contributed by atoms with E-state index in [2.05, 4.69) is 19.2 Å². The lowest BCUT2D eigenvalue weighted by Crippen LogP contribution is -2.59. The summed E-state index contributed by atoms with van der Waals surface area (Å²) in [5.41, 5.74) is 0. The van der Waals surface area contributed by atoms with Crippen LogP contribution in [0.5, 0.6) is 11.5 Å². The Morgan fingerprint density at radius 1 is 1.30 bits per heavy atom. The van der Waals surface area contributed by atoms with E-state index in [4.69, 9.17) is 9.47 Å². The molecule has 2 heterocycles. The van der Waals surface area contributed by atoms with Crippen molar-refractivity contribution in [2.24, 2.45) is 0 Å². The van der Waals surface area contributed by atoms with Crippen LogP contribution in [0.1, 0.15) is 13.8 Å². The summed E-state index contributed by atoms with van der Waals surface area (Å²) in [6.45, 7) is 5.94. The van der Waals surface area contributed by atoms with Crippen LogP contribution < -0.4 is 14.8 Å². The predicted molar refractivity (Wildman–Crippen MR) is 75.0 cm³/mol. The Kier molecular flexibility index (Phi) is 3.53. The molecule has 1 aromatic rings. The fraction of sp³-hybridized carbons (Fsp3) is 0.533. The Morgan fingerprint density at radius 3 is 2.85 bits per heavy atom. The molecule has 5 nitrogen and oxygen atoms in total. The molecule has 2 aliphatic heterocycles. The highest BCUT2D eigenvalue weighted by Crippen LogP contribution is 2.31. The van der Waals surface area contributed by atoms with Crippen molar-refractivity contribution in [3.8, 4) is 11.5 Å². The zero-order valence-electron chi connectivity index (χ0n) is 11.8. The van der Waals surface area contributed by atoms with Gasteiger partial charge in [0.25, 0.3) is 5.91 Å². The predicted octanol–water partition coefficient (Wildman–Crippen LogP) is 1.04. The van der Waals surface area contributed by atoms with Crippen LogP contribution in [0, 0.1) is 0 Å². The number of nitrogens with zero attached hydrogens (tertiary/aromatic N) is 1. The van der Waals surface area contributed by atoms with Gasteiger partial charge >= 0.3 is 0 Å². The second kappa shape index (κ2) is 5.32. The molecule has 0 aliphatic carbocycles. The normalized spacial score (nSPS) is 29.1. The van der Waals surface area contributed by atoms with Gasteiger partial charge in [0.15, 0.2) is 11.5 Å². The molecule has 0 spiro atoms. The number of fused-ring (bicyclic) bond motifs is 1.